The Bertz CT molecular complexity index is 535. The van der Waals surface area contributed by atoms with Crippen LogP contribution >= 0.6 is 11.6 Å². The number of nitrogens with zero attached hydrogens (tertiary/aromatic N) is 2. The van der Waals surface area contributed by atoms with Gasteiger partial charge in [-0.05, 0) is 38.4 Å². The molecule has 2 unspecified atom stereocenters. The molecule has 0 N–H and O–H groups in total. The fraction of sp³-hybridized carbons (Fsp3) is 0.533. The van der Waals surface area contributed by atoms with E-state index >= 15 is 0 Å². The Morgan fingerprint density at radius 2 is 2.26 bits per heavy atom. The molecule has 2 heterocycles. The highest BCUT2D eigenvalue weighted by Gasteiger charge is 2.48. The van der Waals surface area contributed by atoms with Crippen molar-refractivity contribution in [2.45, 2.75) is 43.9 Å². The molecule has 1 aromatic carbocycles. The standard InChI is InChI=1S/C15H17ClN2O/c1-18-12-3-2-7-15(18,8-6-12)19-13-5-4-11(10-17)14(16)9-13/h4-5,9,12H,2-3,6-8H2,1H3. The lowest BCUT2D eigenvalue weighted by Crippen LogP contribution is -2.51. The van der Waals surface area contributed by atoms with Crippen LogP contribution in [0.4, 0.5) is 0 Å². The number of hydrogen-bond acceptors (Lipinski definition) is 3. The van der Waals surface area contributed by atoms with Crippen LogP contribution in [0, 0.1) is 11.3 Å². The summed E-state index contributed by atoms with van der Waals surface area (Å²) in [6.07, 6.45) is 5.85. The van der Waals surface area contributed by atoms with E-state index in [-0.39, 0.29) is 5.72 Å². The van der Waals surface area contributed by atoms with Crippen LogP contribution in [-0.4, -0.2) is 23.7 Å². The molecule has 2 saturated heterocycles. The predicted octanol–water partition coefficient (Wildman–Crippen LogP) is 3.56. The van der Waals surface area contributed by atoms with E-state index in [0.717, 1.165) is 18.6 Å². The monoisotopic (exact) mass is 276 g/mol. The molecule has 0 amide bonds. The molecule has 3 rings (SSSR count). The third-order valence-corrected chi connectivity index (χ3v) is 4.85. The van der Waals surface area contributed by atoms with Crippen LogP contribution in [0.3, 0.4) is 0 Å². The van der Waals surface area contributed by atoms with Crippen molar-refractivity contribution in [3.63, 3.8) is 0 Å². The number of hydrogen-bond donors (Lipinski definition) is 0. The first-order valence-corrected chi connectivity index (χ1v) is 7.14. The minimum atomic E-state index is -0.166. The molecule has 2 fully saturated rings. The van der Waals surface area contributed by atoms with Gasteiger partial charge in [0.2, 0.25) is 0 Å². The van der Waals surface area contributed by atoms with Crippen molar-refractivity contribution in [1.29, 1.82) is 5.26 Å². The lowest BCUT2D eigenvalue weighted by atomic mass is 10.0. The topological polar surface area (TPSA) is 36.3 Å². The molecule has 1 aromatic rings. The van der Waals surface area contributed by atoms with Crippen LogP contribution in [0.2, 0.25) is 5.02 Å². The molecule has 0 saturated carbocycles. The van der Waals surface area contributed by atoms with Gasteiger partial charge >= 0.3 is 0 Å². The van der Waals surface area contributed by atoms with Crippen molar-refractivity contribution in [3.05, 3.63) is 28.8 Å². The van der Waals surface area contributed by atoms with Gasteiger partial charge in [-0.1, -0.05) is 11.6 Å². The van der Waals surface area contributed by atoms with E-state index in [2.05, 4.69) is 18.0 Å². The molecule has 3 nitrogen and oxygen atoms in total. The van der Waals surface area contributed by atoms with Crippen molar-refractivity contribution in [2.75, 3.05) is 7.05 Å². The highest BCUT2D eigenvalue weighted by atomic mass is 35.5. The van der Waals surface area contributed by atoms with Crippen LogP contribution in [0.1, 0.15) is 37.7 Å². The zero-order valence-electron chi connectivity index (χ0n) is 11.0. The molecule has 0 spiro atoms. The van der Waals surface area contributed by atoms with E-state index in [4.69, 9.17) is 21.6 Å². The summed E-state index contributed by atoms with van der Waals surface area (Å²) in [6, 6.07) is 8.05. The maximum absolute atomic E-state index is 8.89. The van der Waals surface area contributed by atoms with Gasteiger partial charge in [0.25, 0.3) is 0 Å². The van der Waals surface area contributed by atoms with E-state index in [0.29, 0.717) is 16.6 Å². The van der Waals surface area contributed by atoms with Crippen LogP contribution in [0.15, 0.2) is 18.2 Å². The summed E-state index contributed by atoms with van der Waals surface area (Å²) in [5.41, 5.74) is 0.327. The van der Waals surface area contributed by atoms with Crippen molar-refractivity contribution in [3.8, 4) is 11.8 Å². The third kappa shape index (κ3) is 2.09. The second-order valence-electron chi connectivity index (χ2n) is 5.50. The Labute approximate surface area is 118 Å². The number of rotatable bonds is 2. The third-order valence-electron chi connectivity index (χ3n) is 4.53. The van der Waals surface area contributed by atoms with Gasteiger partial charge < -0.3 is 4.74 Å². The second-order valence-corrected chi connectivity index (χ2v) is 5.90. The highest BCUT2D eigenvalue weighted by molar-refractivity contribution is 6.31. The van der Waals surface area contributed by atoms with Crippen LogP contribution < -0.4 is 4.74 Å². The summed E-state index contributed by atoms with van der Waals surface area (Å²) in [5.74, 6) is 0.762. The smallest absolute Gasteiger partial charge is 0.163 e. The second kappa shape index (κ2) is 4.70. The van der Waals surface area contributed by atoms with Crippen LogP contribution in [0.5, 0.6) is 5.75 Å². The summed E-state index contributed by atoms with van der Waals surface area (Å²) in [6.45, 7) is 0. The lowest BCUT2D eigenvalue weighted by molar-refractivity contribution is -0.0822. The number of ether oxygens (including phenoxy) is 1. The molecular formula is C15H17ClN2O. The van der Waals surface area contributed by atoms with E-state index in [1.807, 2.05) is 6.07 Å². The Hall–Kier alpha value is -1.24. The molecule has 0 aliphatic carbocycles. The highest BCUT2D eigenvalue weighted by Crippen LogP contribution is 2.44. The van der Waals surface area contributed by atoms with Gasteiger partial charge in [0.05, 0.1) is 10.6 Å². The van der Waals surface area contributed by atoms with Gasteiger partial charge in [0.1, 0.15) is 11.8 Å². The maximum Gasteiger partial charge on any atom is 0.163 e. The Balaban J connectivity index is 1.85. The number of halogens is 1. The van der Waals surface area contributed by atoms with Crippen molar-refractivity contribution < 1.29 is 4.74 Å². The Morgan fingerprint density at radius 3 is 3.00 bits per heavy atom. The van der Waals surface area contributed by atoms with Gasteiger partial charge in [0, 0.05) is 24.9 Å². The zero-order chi connectivity index (χ0) is 13.5. The molecular weight excluding hydrogens is 260 g/mol. The molecule has 2 bridgehead atoms. The molecule has 2 aliphatic heterocycles. The van der Waals surface area contributed by atoms with Crippen LogP contribution in [-0.2, 0) is 0 Å². The molecule has 2 aliphatic rings. The molecule has 19 heavy (non-hydrogen) atoms. The normalized spacial score (nSPS) is 30.1. The molecule has 2 atom stereocenters. The van der Waals surface area contributed by atoms with Crippen molar-refractivity contribution in [2.24, 2.45) is 0 Å². The van der Waals surface area contributed by atoms with Gasteiger partial charge in [-0.2, -0.15) is 5.26 Å². The minimum Gasteiger partial charge on any atom is -0.473 e. The van der Waals surface area contributed by atoms with Gasteiger partial charge in [-0.3, -0.25) is 4.90 Å². The molecule has 100 valence electrons. The van der Waals surface area contributed by atoms with Gasteiger partial charge in [0.15, 0.2) is 5.72 Å². The Kier molecular flexibility index (Phi) is 3.16. The summed E-state index contributed by atoms with van der Waals surface area (Å²) >= 11 is 6.07. The first-order valence-electron chi connectivity index (χ1n) is 6.76. The summed E-state index contributed by atoms with van der Waals surface area (Å²) in [5, 5.41) is 9.36. The summed E-state index contributed by atoms with van der Waals surface area (Å²) in [7, 11) is 2.15. The molecule has 4 heteroatoms. The number of piperidine rings is 1. The zero-order valence-corrected chi connectivity index (χ0v) is 11.8. The van der Waals surface area contributed by atoms with Crippen LogP contribution in [0.25, 0.3) is 0 Å². The van der Waals surface area contributed by atoms with Crippen molar-refractivity contribution in [1.82, 2.24) is 4.90 Å². The first-order chi connectivity index (χ1) is 9.14. The number of benzene rings is 1. The minimum absolute atomic E-state index is 0.166. The largest absolute Gasteiger partial charge is 0.473 e. The lowest BCUT2D eigenvalue weighted by Gasteiger charge is -2.42. The van der Waals surface area contributed by atoms with E-state index < -0.39 is 0 Å². The number of nitriles is 1. The Morgan fingerprint density at radius 1 is 1.42 bits per heavy atom. The predicted molar refractivity (Wildman–Crippen MR) is 74.2 cm³/mol. The van der Waals surface area contributed by atoms with Crippen molar-refractivity contribution >= 4 is 11.6 Å². The van der Waals surface area contributed by atoms with E-state index in [9.17, 15) is 0 Å². The number of fused-ring (bicyclic) bond motifs is 2. The SMILES string of the molecule is CN1C2CCCC1(Oc1ccc(C#N)c(Cl)c1)CC2. The quantitative estimate of drug-likeness (QED) is 0.829. The maximum atomic E-state index is 8.89. The molecule has 0 radical (unpaired) electrons. The van der Waals surface area contributed by atoms with E-state index in [1.165, 1.54) is 19.3 Å². The summed E-state index contributed by atoms with van der Waals surface area (Å²) < 4.78 is 6.26. The van der Waals surface area contributed by atoms with Gasteiger partial charge in [-0.25, -0.2) is 0 Å². The average Bonchev–Trinajstić information content (AvgIpc) is 2.60. The molecule has 0 aromatic heterocycles. The first kappa shape index (κ1) is 12.8. The van der Waals surface area contributed by atoms with Gasteiger partial charge in [-0.15, -0.1) is 0 Å². The fourth-order valence-electron chi connectivity index (χ4n) is 3.39. The summed E-state index contributed by atoms with van der Waals surface area (Å²) in [4.78, 5) is 2.38. The average molecular weight is 277 g/mol. The van der Waals surface area contributed by atoms with E-state index in [1.54, 1.807) is 12.1 Å². The fourth-order valence-corrected chi connectivity index (χ4v) is 3.60.